The first-order chi connectivity index (χ1) is 5.11. The summed E-state index contributed by atoms with van der Waals surface area (Å²) >= 11 is 0. The van der Waals surface area contributed by atoms with Crippen LogP contribution < -0.4 is 5.32 Å². The third-order valence-electron chi connectivity index (χ3n) is 3.26. The van der Waals surface area contributed by atoms with E-state index in [1.165, 1.54) is 19.3 Å². The van der Waals surface area contributed by atoms with Crippen molar-refractivity contribution in [3.63, 3.8) is 0 Å². The Morgan fingerprint density at radius 1 is 1.45 bits per heavy atom. The Morgan fingerprint density at radius 3 is 2.45 bits per heavy atom. The maximum Gasteiger partial charge on any atom is 0.217 e. The zero-order valence-electron chi connectivity index (χ0n) is 7.18. The molecule has 2 nitrogen and oxygen atoms in total. The summed E-state index contributed by atoms with van der Waals surface area (Å²) in [4.78, 5) is 10.8. The van der Waals surface area contributed by atoms with Crippen molar-refractivity contribution in [2.45, 2.75) is 38.6 Å². The van der Waals surface area contributed by atoms with Crippen molar-refractivity contribution in [1.29, 1.82) is 0 Å². The number of carbonyl (C=O) groups is 1. The highest BCUT2D eigenvalue weighted by Gasteiger charge is 2.54. The number of hydrogen-bond donors (Lipinski definition) is 1. The summed E-state index contributed by atoms with van der Waals surface area (Å²) in [6, 6.07) is 0. The average molecular weight is 153 g/mol. The van der Waals surface area contributed by atoms with E-state index < -0.39 is 0 Å². The van der Waals surface area contributed by atoms with Gasteiger partial charge in [-0.05, 0) is 31.1 Å². The molecular weight excluding hydrogens is 138 g/mol. The molecule has 0 unspecified atom stereocenters. The molecule has 0 heterocycles. The third kappa shape index (κ3) is 0.959. The predicted octanol–water partition coefficient (Wildman–Crippen LogP) is 1.31. The molecule has 3 saturated carbocycles. The molecule has 3 rings (SSSR count). The molecule has 3 aliphatic rings. The van der Waals surface area contributed by atoms with Gasteiger partial charge in [0.25, 0.3) is 0 Å². The molecule has 3 aliphatic carbocycles. The van der Waals surface area contributed by atoms with Crippen LogP contribution in [-0.2, 0) is 4.79 Å². The Kier molecular flexibility index (Phi) is 1.29. The summed E-state index contributed by atoms with van der Waals surface area (Å²) < 4.78 is 0. The molecule has 0 aromatic heterocycles. The molecule has 1 amide bonds. The lowest BCUT2D eigenvalue weighted by Gasteiger charge is -2.39. The topological polar surface area (TPSA) is 29.1 Å². The van der Waals surface area contributed by atoms with Crippen LogP contribution in [-0.4, -0.2) is 11.4 Å². The highest BCUT2D eigenvalue weighted by molar-refractivity contribution is 5.74. The van der Waals surface area contributed by atoms with Crippen LogP contribution in [0.25, 0.3) is 0 Å². The second kappa shape index (κ2) is 1.99. The molecule has 2 heteroatoms. The van der Waals surface area contributed by atoms with Gasteiger partial charge in [-0.1, -0.05) is 6.92 Å². The summed E-state index contributed by atoms with van der Waals surface area (Å²) in [5.41, 5.74) is 0.232. The smallest absolute Gasteiger partial charge is 0.217 e. The molecule has 2 bridgehead atoms. The lowest BCUT2D eigenvalue weighted by molar-refractivity contribution is -0.121. The largest absolute Gasteiger partial charge is 0.351 e. The first-order valence-electron chi connectivity index (χ1n) is 4.40. The van der Waals surface area contributed by atoms with Crippen molar-refractivity contribution in [1.82, 2.24) is 5.32 Å². The van der Waals surface area contributed by atoms with Gasteiger partial charge in [0.2, 0.25) is 5.91 Å². The Morgan fingerprint density at radius 2 is 2.09 bits per heavy atom. The maximum atomic E-state index is 10.8. The van der Waals surface area contributed by atoms with Gasteiger partial charge < -0.3 is 5.32 Å². The zero-order chi connectivity index (χ0) is 8.06. The summed E-state index contributed by atoms with van der Waals surface area (Å²) in [7, 11) is 0. The van der Waals surface area contributed by atoms with Gasteiger partial charge in [-0.25, -0.2) is 0 Å². The summed E-state index contributed by atoms with van der Waals surface area (Å²) in [5.74, 6) is 1.88. The molecule has 62 valence electrons. The fourth-order valence-electron chi connectivity index (χ4n) is 2.82. The van der Waals surface area contributed by atoms with Crippen LogP contribution in [0.1, 0.15) is 33.1 Å². The van der Waals surface area contributed by atoms with Crippen molar-refractivity contribution in [2.75, 3.05) is 0 Å². The number of nitrogens with one attached hydrogen (secondary N) is 1. The lowest BCUT2D eigenvalue weighted by Crippen LogP contribution is -2.51. The molecule has 0 radical (unpaired) electrons. The first-order valence-corrected chi connectivity index (χ1v) is 4.40. The van der Waals surface area contributed by atoms with E-state index in [1.54, 1.807) is 6.92 Å². The molecule has 0 saturated heterocycles. The minimum atomic E-state index is 0.137. The van der Waals surface area contributed by atoms with Crippen molar-refractivity contribution >= 4 is 5.91 Å². The second-order valence-corrected chi connectivity index (χ2v) is 4.31. The normalized spacial score (nSPS) is 46.7. The van der Waals surface area contributed by atoms with Gasteiger partial charge in [0.1, 0.15) is 0 Å². The van der Waals surface area contributed by atoms with Gasteiger partial charge in [-0.2, -0.15) is 0 Å². The lowest BCUT2D eigenvalue weighted by atomic mass is 9.76. The molecule has 0 aromatic carbocycles. The first kappa shape index (κ1) is 7.14. The fraction of sp³-hybridized carbons (Fsp3) is 0.889. The molecule has 3 fully saturated rings. The van der Waals surface area contributed by atoms with E-state index in [4.69, 9.17) is 0 Å². The van der Waals surface area contributed by atoms with Crippen molar-refractivity contribution < 1.29 is 4.79 Å². The number of carbonyl (C=O) groups excluding carboxylic acids is 1. The third-order valence-corrected chi connectivity index (χ3v) is 3.26. The van der Waals surface area contributed by atoms with Gasteiger partial charge in [0.05, 0.1) is 0 Å². The van der Waals surface area contributed by atoms with E-state index in [1.807, 2.05) is 0 Å². The van der Waals surface area contributed by atoms with Gasteiger partial charge in [-0.3, -0.25) is 4.79 Å². The van der Waals surface area contributed by atoms with Crippen LogP contribution in [0.2, 0.25) is 0 Å². The van der Waals surface area contributed by atoms with E-state index in [2.05, 4.69) is 12.2 Å². The molecular formula is C9H15NO. The number of amides is 1. The number of hydrogen-bond acceptors (Lipinski definition) is 1. The number of rotatable bonds is 1. The molecule has 1 N–H and O–H groups in total. The monoisotopic (exact) mass is 153 g/mol. The highest BCUT2D eigenvalue weighted by atomic mass is 16.1. The second-order valence-electron chi connectivity index (χ2n) is 4.31. The van der Waals surface area contributed by atoms with Crippen LogP contribution in [0.15, 0.2) is 0 Å². The predicted molar refractivity (Wildman–Crippen MR) is 43.1 cm³/mol. The molecule has 11 heavy (non-hydrogen) atoms. The molecule has 1 atom stereocenters. The van der Waals surface area contributed by atoms with Gasteiger partial charge in [0.15, 0.2) is 0 Å². The average Bonchev–Trinajstić information content (AvgIpc) is 2.16. The summed E-state index contributed by atoms with van der Waals surface area (Å²) in [6.45, 7) is 3.91. The van der Waals surface area contributed by atoms with Crippen molar-refractivity contribution in [3.05, 3.63) is 0 Å². The van der Waals surface area contributed by atoms with Crippen LogP contribution in [0.3, 0.4) is 0 Å². The van der Waals surface area contributed by atoms with E-state index >= 15 is 0 Å². The van der Waals surface area contributed by atoms with Crippen LogP contribution in [0.4, 0.5) is 0 Å². The van der Waals surface area contributed by atoms with E-state index in [0.29, 0.717) is 0 Å². The quantitative estimate of drug-likeness (QED) is 0.604. The van der Waals surface area contributed by atoms with Crippen LogP contribution >= 0.6 is 0 Å². The number of fused-ring (bicyclic) bond motifs is 1. The summed E-state index contributed by atoms with van der Waals surface area (Å²) in [5, 5.41) is 3.08. The Bertz CT molecular complexity index is 194. The SMILES string of the molecule is CC(=O)NC12CC(C1)[C@@H](C)C2. The van der Waals surface area contributed by atoms with Crippen LogP contribution in [0, 0.1) is 11.8 Å². The standard InChI is InChI=1S/C9H15NO/c1-6-3-9(10-7(2)11)4-8(6)5-9/h6,8H,3-5H2,1-2H3,(H,10,11)/t6-,8?,9?/m0/s1. The minimum absolute atomic E-state index is 0.137. The molecule has 0 aromatic rings. The maximum absolute atomic E-state index is 10.8. The van der Waals surface area contributed by atoms with Crippen molar-refractivity contribution in [3.8, 4) is 0 Å². The molecule has 0 aliphatic heterocycles. The Balaban J connectivity index is 2.00. The van der Waals surface area contributed by atoms with Gasteiger partial charge in [-0.15, -0.1) is 0 Å². The fourth-order valence-corrected chi connectivity index (χ4v) is 2.82. The van der Waals surface area contributed by atoms with Gasteiger partial charge in [0, 0.05) is 12.5 Å². The highest BCUT2D eigenvalue weighted by Crippen LogP contribution is 2.55. The Hall–Kier alpha value is -0.530. The van der Waals surface area contributed by atoms with E-state index in [0.717, 1.165) is 11.8 Å². The van der Waals surface area contributed by atoms with E-state index in [9.17, 15) is 4.79 Å². The zero-order valence-corrected chi connectivity index (χ0v) is 7.18. The van der Waals surface area contributed by atoms with E-state index in [-0.39, 0.29) is 11.4 Å². The molecule has 0 spiro atoms. The Labute approximate surface area is 67.4 Å². The minimum Gasteiger partial charge on any atom is -0.351 e. The van der Waals surface area contributed by atoms with Gasteiger partial charge >= 0.3 is 0 Å². The van der Waals surface area contributed by atoms with Crippen molar-refractivity contribution in [2.24, 2.45) is 11.8 Å². The van der Waals surface area contributed by atoms with Crippen LogP contribution in [0.5, 0.6) is 0 Å². The summed E-state index contributed by atoms with van der Waals surface area (Å²) in [6.07, 6.45) is 3.67.